The van der Waals surface area contributed by atoms with Crippen LogP contribution in [0.25, 0.3) is 0 Å². The molecule has 1 aliphatic rings. The van der Waals surface area contributed by atoms with Crippen LogP contribution in [-0.2, 0) is 114 Å². The molecular weight excluding hydrogens is 1560 g/mol. The van der Waals surface area contributed by atoms with Crippen LogP contribution in [0.15, 0.2) is 74.4 Å². The molecule has 7 rings (SSSR count). The van der Waals surface area contributed by atoms with Crippen LogP contribution >= 0.6 is 15.9 Å². The quantitative estimate of drug-likeness (QED) is 0.0379. The Kier molecular flexibility index (Phi) is 46.8. The molecule has 0 aliphatic carbocycles. The van der Waals surface area contributed by atoms with E-state index >= 15 is 0 Å². The molecule has 7 heterocycles. The summed E-state index contributed by atoms with van der Waals surface area (Å²) in [6.07, 6.45) is 16.6. The Morgan fingerprint density at radius 3 is 0.833 bits per heavy atom. The topological polar surface area (TPSA) is 485 Å². The second-order valence-corrected chi connectivity index (χ2v) is 33.1. The Morgan fingerprint density at radius 1 is 0.395 bits per heavy atom. The zero-order chi connectivity index (χ0) is 89.3. The van der Waals surface area contributed by atoms with E-state index in [1.165, 1.54) is 32.0 Å². The predicted molar refractivity (Wildman–Crippen MR) is 413 cm³/mol. The summed E-state index contributed by atoms with van der Waals surface area (Å²) in [6.45, 7) is 53.9. The minimum atomic E-state index is -1.06. The van der Waals surface area contributed by atoms with Crippen LogP contribution in [-0.4, -0.2) is 194 Å². The average Bonchev–Trinajstić information content (AvgIpc) is 1.63. The third-order valence-electron chi connectivity index (χ3n) is 11.9. The normalized spacial score (nSPS) is 12.5. The van der Waals surface area contributed by atoms with E-state index in [1.54, 1.807) is 153 Å². The molecule has 0 saturated carbocycles. The van der Waals surface area contributed by atoms with E-state index in [9.17, 15) is 38.4 Å². The van der Waals surface area contributed by atoms with Crippen LogP contribution < -0.4 is 0 Å². The molecule has 640 valence electrons. The Hall–Kier alpha value is -10.2. The number of halogens is 1. The molecule has 0 spiro atoms. The van der Waals surface area contributed by atoms with Gasteiger partial charge in [-0.3, -0.25) is 10.2 Å². The van der Waals surface area contributed by atoms with Gasteiger partial charge in [-0.2, -0.15) is 68.5 Å². The highest BCUT2D eigenvalue weighted by molar-refractivity contribution is 9.08. The first-order valence-electron chi connectivity index (χ1n) is 35.3. The van der Waals surface area contributed by atoms with Gasteiger partial charge in [0.15, 0.2) is 0 Å². The summed E-state index contributed by atoms with van der Waals surface area (Å²) in [6, 6.07) is 0. The summed E-state index contributed by atoms with van der Waals surface area (Å²) >= 11 is 3.28. The molecule has 0 amide bonds. The second kappa shape index (κ2) is 49.4. The average molecular weight is 1680 g/mol. The molecule has 40 heteroatoms. The smallest absolute Gasteiger partial charge is 0.442 e. The highest BCUT2D eigenvalue weighted by atomic mass is 79.9. The Labute approximate surface area is 674 Å². The number of alkyl halides is 1. The van der Waals surface area contributed by atoms with E-state index < -0.39 is 93.8 Å². The molecule has 4 N–H and O–H groups in total. The lowest BCUT2D eigenvalue weighted by atomic mass is 9.82. The molecule has 1 saturated heterocycles. The number of aromatic amines is 2. The maximum atomic E-state index is 11.9. The lowest BCUT2D eigenvalue weighted by Gasteiger charge is -2.32. The van der Waals surface area contributed by atoms with Crippen molar-refractivity contribution in [1.82, 2.24) is 59.5 Å². The molecule has 0 unspecified atom stereocenters. The first-order chi connectivity index (χ1) is 51.8. The van der Waals surface area contributed by atoms with Crippen molar-refractivity contribution in [2.24, 2.45) is 0 Å². The fourth-order valence-corrected chi connectivity index (χ4v) is 7.10. The van der Waals surface area contributed by atoms with Crippen LogP contribution in [0.1, 0.15) is 241 Å². The number of aliphatic hydroxyl groups is 2. The molecule has 6 aromatic heterocycles. The standard InChI is InChI=1S/C15H25BN2O4.C10H16N2O2.2C10H18O5.C9H13BrN2O2.C9H14N2O3.C5H8N2.C4H6N2O.2CO2/c1-13(2,3)20-12(19)18-10-11(9-17-18)8-16-21-14(4,5)15(6,7)22-16;1-5-8-6-11-12(7-8)9(13)14-10(2,3)4;2*1-9(2,3)14-7(11)13-8(12)15-10(4,5)6;1-9(2,3)14-8(13)12-6-7(4-10)5-11-12;1-9(2,3)14-8(13)11-5-7(6-12)4-10-11;1-2-5-3-6-7-4-5;7-3-4-1-5-6-2-4;2*2-1-3/h9-10H,8H2,1-7H3;6-7H,5H2,1-4H3;2*1-6H3;5-6H,4H2,1-3H3;4-5,12H,6H2,1-3H3;3-4H,2H2,1H3,(H,6,7);1-2,7H,3H2,(H,5,6);;. The number of carbonyl (C=O) groups excluding carboxylic acids is 12. The maximum absolute atomic E-state index is 11.9. The van der Waals surface area contributed by atoms with Crippen molar-refractivity contribution in [1.29, 1.82) is 0 Å². The van der Waals surface area contributed by atoms with Gasteiger partial charge >= 0.3 is 68.4 Å². The van der Waals surface area contributed by atoms with Gasteiger partial charge < -0.3 is 66.9 Å². The molecule has 0 aromatic carbocycles. The van der Waals surface area contributed by atoms with E-state index in [0.717, 1.165) is 39.8 Å². The van der Waals surface area contributed by atoms with E-state index in [2.05, 4.69) is 73.1 Å². The second-order valence-electron chi connectivity index (χ2n) is 32.6. The van der Waals surface area contributed by atoms with Crippen LogP contribution in [0.3, 0.4) is 0 Å². The summed E-state index contributed by atoms with van der Waals surface area (Å²) in [5.41, 5.74) is -0.0646. The number of rotatable bonds is 7. The number of carbonyl (C=O) groups is 8. The third kappa shape index (κ3) is 55.2. The Morgan fingerprint density at radius 2 is 0.632 bits per heavy atom. The zero-order valence-electron chi connectivity index (χ0n) is 71.3. The number of aliphatic hydroxyl groups excluding tert-OH is 2. The van der Waals surface area contributed by atoms with Gasteiger partial charge in [-0.1, -0.05) is 29.8 Å². The van der Waals surface area contributed by atoms with Crippen molar-refractivity contribution in [2.45, 2.75) is 301 Å². The number of aryl methyl sites for hydroxylation is 2. The maximum Gasteiger partial charge on any atom is 0.519 e. The van der Waals surface area contributed by atoms with Gasteiger partial charge in [-0.05, 0) is 223 Å². The number of H-pyrrole nitrogens is 2. The van der Waals surface area contributed by atoms with Crippen LogP contribution in [0.5, 0.6) is 0 Å². The van der Waals surface area contributed by atoms with Crippen molar-refractivity contribution in [3.63, 3.8) is 0 Å². The Balaban J connectivity index is -0.00000124. The van der Waals surface area contributed by atoms with Crippen LogP contribution in [0.2, 0.25) is 0 Å². The number of hydrogen-bond acceptors (Lipinski definition) is 32. The molecule has 0 bridgehead atoms. The number of ether oxygens (including phenoxy) is 10. The molecule has 114 heavy (non-hydrogen) atoms. The monoisotopic (exact) mass is 1680 g/mol. The largest absolute Gasteiger partial charge is 0.519 e. The first-order valence-corrected chi connectivity index (χ1v) is 36.4. The summed E-state index contributed by atoms with van der Waals surface area (Å²) in [4.78, 5) is 123. The van der Waals surface area contributed by atoms with E-state index in [-0.39, 0.29) is 43.8 Å². The van der Waals surface area contributed by atoms with E-state index in [4.69, 9.17) is 76.6 Å². The van der Waals surface area contributed by atoms with Gasteiger partial charge in [0.05, 0.1) is 61.6 Å². The lowest BCUT2D eigenvalue weighted by molar-refractivity contribution is -0.193. The van der Waals surface area contributed by atoms with Gasteiger partial charge in [0.2, 0.25) is 0 Å². The minimum Gasteiger partial charge on any atom is -0.442 e. The fourth-order valence-electron chi connectivity index (χ4n) is 6.81. The van der Waals surface area contributed by atoms with E-state index in [0.29, 0.717) is 17.2 Å². The van der Waals surface area contributed by atoms with Gasteiger partial charge in [-0.25, -0.2) is 38.4 Å². The highest BCUT2D eigenvalue weighted by Crippen LogP contribution is 2.37. The molecule has 38 nitrogen and oxygen atoms in total. The van der Waals surface area contributed by atoms with Gasteiger partial charge in [0.25, 0.3) is 0 Å². The van der Waals surface area contributed by atoms with Crippen LogP contribution in [0, 0.1) is 0 Å². The lowest BCUT2D eigenvalue weighted by Crippen LogP contribution is -2.41. The fraction of sp³-hybridized carbons (Fsp3) is 0.622. The Bertz CT molecular complexity index is 3560. The zero-order valence-corrected chi connectivity index (χ0v) is 72.9. The summed E-state index contributed by atoms with van der Waals surface area (Å²) < 4.78 is 64.8. The van der Waals surface area contributed by atoms with Crippen molar-refractivity contribution in [3.05, 3.63) is 108 Å². The molecule has 1 aliphatic heterocycles. The van der Waals surface area contributed by atoms with Crippen molar-refractivity contribution in [3.8, 4) is 0 Å². The van der Waals surface area contributed by atoms with Gasteiger partial charge in [0.1, 0.15) is 44.8 Å². The number of hydrogen-bond donors (Lipinski definition) is 4. The summed E-state index contributed by atoms with van der Waals surface area (Å²) in [7, 11) is -0.346. The van der Waals surface area contributed by atoms with Crippen LogP contribution in [0.4, 0.5) is 38.4 Å². The molecule has 6 aromatic rings. The van der Waals surface area contributed by atoms with Gasteiger partial charge in [-0.15, -0.1) is 0 Å². The van der Waals surface area contributed by atoms with Crippen molar-refractivity contribution >= 4 is 84.3 Å². The number of nitrogens with one attached hydrogen (secondary N) is 2. The van der Waals surface area contributed by atoms with E-state index in [1.807, 2.05) is 109 Å². The number of aromatic nitrogens is 12. The van der Waals surface area contributed by atoms with Crippen molar-refractivity contribution in [2.75, 3.05) is 0 Å². The SMILES string of the molecule is CC(C)(C)OC(=O)OC(=O)OC(C)(C)C.CC(C)(C)OC(=O)OC(=O)OC(C)(C)C.CC(C)(C)OC(=O)n1cc(CB2OC(C)(C)C(C)(C)O2)cn1.CC(C)(C)OC(=O)n1cc(CBr)cn1.CC(C)(C)OC(=O)n1cc(CO)cn1.CCc1cn[nH]c1.CCc1cnn(C(=O)OC(C)(C)C)c1.O=C=O.O=C=O.OCc1cn[nH]c1. The minimum absolute atomic E-state index is 0.0660. The molecular formula is C74H118BBrN12O26. The van der Waals surface area contributed by atoms with Crippen molar-refractivity contribution < 1.29 is 124 Å². The summed E-state index contributed by atoms with van der Waals surface area (Å²) in [5, 5.41) is 46.1. The molecule has 0 radical (unpaired) electrons. The highest BCUT2D eigenvalue weighted by Gasteiger charge is 2.51. The third-order valence-corrected chi connectivity index (χ3v) is 12.6. The predicted octanol–water partition coefficient (Wildman–Crippen LogP) is 14.2. The summed E-state index contributed by atoms with van der Waals surface area (Å²) in [5.74, 6) is 0. The number of nitrogens with zero attached hydrogens (tertiary/aromatic N) is 10. The first kappa shape index (κ1) is 108. The molecule has 0 atom stereocenters. The van der Waals surface area contributed by atoms with Gasteiger partial charge in [0, 0.05) is 65.5 Å². The molecule has 1 fully saturated rings.